The molecule has 1 aliphatic heterocycles. The zero-order valence-corrected chi connectivity index (χ0v) is 16.9. The Bertz CT molecular complexity index is 776. The number of halogens is 2. The molecule has 0 aromatic heterocycles. The van der Waals surface area contributed by atoms with E-state index in [0.29, 0.717) is 34.5 Å². The summed E-state index contributed by atoms with van der Waals surface area (Å²) in [6.45, 7) is 1.89. The van der Waals surface area contributed by atoms with E-state index in [4.69, 9.17) is 23.2 Å². The van der Waals surface area contributed by atoms with Crippen molar-refractivity contribution in [1.82, 2.24) is 9.62 Å². The van der Waals surface area contributed by atoms with Gasteiger partial charge in [0.1, 0.15) is 0 Å². The molecule has 3 N–H and O–H groups in total. The molecule has 0 saturated carbocycles. The first-order valence-electron chi connectivity index (χ1n) is 8.46. The number of benzene rings is 2. The van der Waals surface area contributed by atoms with E-state index in [1.165, 1.54) is 0 Å². The fourth-order valence-electron chi connectivity index (χ4n) is 3.07. The maximum atomic E-state index is 11.1. The van der Waals surface area contributed by atoms with Gasteiger partial charge in [0.2, 0.25) is 0 Å². The van der Waals surface area contributed by atoms with E-state index in [1.807, 2.05) is 31.3 Å². The van der Waals surface area contributed by atoms with Crippen LogP contribution in [0.2, 0.25) is 10.0 Å². The summed E-state index contributed by atoms with van der Waals surface area (Å²) in [7, 11) is -1.33. The fourth-order valence-corrected chi connectivity index (χ4v) is 5.32. The maximum absolute atomic E-state index is 11.1. The minimum atomic E-state index is -3.23. The smallest absolute Gasteiger partial charge is 0.0827 e. The first kappa shape index (κ1) is 19.8. The second-order valence-corrected chi connectivity index (χ2v) is 8.89. The molecule has 0 radical (unpaired) electrons. The van der Waals surface area contributed by atoms with Crippen LogP contribution >= 0.6 is 34.2 Å². The van der Waals surface area contributed by atoms with Gasteiger partial charge in [-0.25, -0.2) is 4.31 Å². The summed E-state index contributed by atoms with van der Waals surface area (Å²) >= 11 is 12.5. The van der Waals surface area contributed by atoms with E-state index in [9.17, 15) is 9.11 Å². The average Bonchev–Trinajstić information content (AvgIpc) is 2.60. The number of nitrogens with zero attached hydrogens (tertiary/aromatic N) is 2. The standard InChI is InChI=1S/C18H23Cl2N3O2S/c1-21-10-4-5-11-22-13-14-12-15(19)8-9-17(14)23(26(22,24)25)18-7-3-2-6-16(18)20/h2-3,6-9,12,21,24-25H,4-5,10-11,13H2,1H3. The van der Waals surface area contributed by atoms with Crippen molar-refractivity contribution in [2.24, 2.45) is 0 Å². The first-order valence-corrected chi connectivity index (χ1v) is 10.7. The molecule has 0 bridgehead atoms. The second-order valence-electron chi connectivity index (χ2n) is 6.18. The Morgan fingerprint density at radius 2 is 1.85 bits per heavy atom. The predicted molar refractivity (Wildman–Crippen MR) is 111 cm³/mol. The lowest BCUT2D eigenvalue weighted by molar-refractivity contribution is 0.330. The third kappa shape index (κ3) is 3.97. The summed E-state index contributed by atoms with van der Waals surface area (Å²) in [6, 6.07) is 12.6. The van der Waals surface area contributed by atoms with Gasteiger partial charge in [-0.2, -0.15) is 4.31 Å². The molecule has 0 aliphatic carbocycles. The zero-order chi connectivity index (χ0) is 18.7. The molecule has 0 atom stereocenters. The summed E-state index contributed by atoms with van der Waals surface area (Å²) in [5, 5.41) is 4.19. The van der Waals surface area contributed by atoms with Crippen LogP contribution < -0.4 is 9.62 Å². The minimum Gasteiger partial charge on any atom is -0.320 e. The summed E-state index contributed by atoms with van der Waals surface area (Å²) in [5.74, 6) is 0. The quantitative estimate of drug-likeness (QED) is 0.541. The predicted octanol–water partition coefficient (Wildman–Crippen LogP) is 5.53. The molecule has 0 amide bonds. The summed E-state index contributed by atoms with van der Waals surface area (Å²) in [4.78, 5) is 0. The van der Waals surface area contributed by atoms with Crippen LogP contribution in [0.5, 0.6) is 0 Å². The highest BCUT2D eigenvalue weighted by atomic mass is 35.5. The van der Waals surface area contributed by atoms with E-state index in [-0.39, 0.29) is 0 Å². The molecule has 3 rings (SSSR count). The summed E-state index contributed by atoms with van der Waals surface area (Å²) in [5.41, 5.74) is 2.23. The van der Waals surface area contributed by atoms with E-state index in [2.05, 4.69) is 5.32 Å². The van der Waals surface area contributed by atoms with Gasteiger partial charge < -0.3 is 5.32 Å². The maximum Gasteiger partial charge on any atom is 0.0827 e. The number of hydrogen-bond donors (Lipinski definition) is 3. The molecular weight excluding hydrogens is 393 g/mol. The van der Waals surface area contributed by atoms with Crippen molar-refractivity contribution in [2.45, 2.75) is 19.4 Å². The Labute approximate surface area is 166 Å². The molecular formula is C18H23Cl2N3O2S. The summed E-state index contributed by atoms with van der Waals surface area (Å²) in [6.07, 6.45) is 1.81. The van der Waals surface area contributed by atoms with Crippen LogP contribution in [0.15, 0.2) is 42.5 Å². The van der Waals surface area contributed by atoms with Gasteiger partial charge in [0.15, 0.2) is 0 Å². The number of unbranched alkanes of at least 4 members (excludes halogenated alkanes) is 1. The van der Waals surface area contributed by atoms with Gasteiger partial charge in [-0.1, -0.05) is 35.3 Å². The zero-order valence-electron chi connectivity index (χ0n) is 14.5. The summed E-state index contributed by atoms with van der Waals surface area (Å²) < 4.78 is 25.5. The van der Waals surface area contributed by atoms with Gasteiger partial charge in [0, 0.05) is 18.1 Å². The van der Waals surface area contributed by atoms with E-state index in [0.717, 1.165) is 24.9 Å². The Hall–Kier alpha value is -0.990. The lowest BCUT2D eigenvalue weighted by atomic mass is 10.1. The van der Waals surface area contributed by atoms with E-state index < -0.39 is 11.0 Å². The van der Waals surface area contributed by atoms with E-state index in [1.54, 1.807) is 26.8 Å². The van der Waals surface area contributed by atoms with Crippen LogP contribution in [-0.2, 0) is 6.54 Å². The normalized spacial score (nSPS) is 17.8. The van der Waals surface area contributed by atoms with Gasteiger partial charge in [-0.15, -0.1) is 0 Å². The Morgan fingerprint density at radius 1 is 1.08 bits per heavy atom. The number of rotatable bonds is 6. The largest absolute Gasteiger partial charge is 0.320 e. The second kappa shape index (κ2) is 8.35. The van der Waals surface area contributed by atoms with Crippen LogP contribution in [0, 0.1) is 0 Å². The third-order valence-corrected chi connectivity index (χ3v) is 6.80. The van der Waals surface area contributed by atoms with Crippen molar-refractivity contribution in [3.8, 4) is 0 Å². The fraction of sp³-hybridized carbons (Fsp3) is 0.333. The van der Waals surface area contributed by atoms with Crippen molar-refractivity contribution >= 4 is 45.5 Å². The lowest BCUT2D eigenvalue weighted by Crippen LogP contribution is -2.42. The number of fused-ring (bicyclic) bond motifs is 1. The minimum absolute atomic E-state index is 0.429. The number of nitrogens with one attached hydrogen (secondary N) is 1. The van der Waals surface area contributed by atoms with Gasteiger partial charge in [-0.3, -0.25) is 9.11 Å². The highest BCUT2D eigenvalue weighted by molar-refractivity contribution is 8.23. The molecule has 5 nitrogen and oxygen atoms in total. The van der Waals surface area contributed by atoms with Crippen LogP contribution in [0.1, 0.15) is 18.4 Å². The Kier molecular flexibility index (Phi) is 6.35. The van der Waals surface area contributed by atoms with Crippen molar-refractivity contribution in [1.29, 1.82) is 0 Å². The highest BCUT2D eigenvalue weighted by Gasteiger charge is 2.38. The van der Waals surface area contributed by atoms with Crippen molar-refractivity contribution < 1.29 is 9.11 Å². The van der Waals surface area contributed by atoms with E-state index >= 15 is 0 Å². The SMILES string of the molecule is CNCCCCN1Cc2cc(Cl)ccc2N(c2ccccc2Cl)S1(O)O. The molecule has 0 saturated heterocycles. The van der Waals surface area contributed by atoms with Crippen molar-refractivity contribution in [2.75, 3.05) is 24.4 Å². The molecule has 2 aromatic carbocycles. The van der Waals surface area contributed by atoms with Gasteiger partial charge in [0.25, 0.3) is 0 Å². The number of hydrogen-bond acceptors (Lipinski definition) is 5. The molecule has 1 aliphatic rings. The van der Waals surface area contributed by atoms with Crippen molar-refractivity contribution in [3.63, 3.8) is 0 Å². The third-order valence-electron chi connectivity index (χ3n) is 4.35. The van der Waals surface area contributed by atoms with Crippen LogP contribution in [0.25, 0.3) is 0 Å². The van der Waals surface area contributed by atoms with Crippen LogP contribution in [0.4, 0.5) is 11.4 Å². The molecule has 142 valence electrons. The lowest BCUT2D eigenvalue weighted by Gasteiger charge is -2.54. The molecule has 2 aromatic rings. The van der Waals surface area contributed by atoms with Gasteiger partial charge >= 0.3 is 0 Å². The Morgan fingerprint density at radius 3 is 2.58 bits per heavy atom. The molecule has 26 heavy (non-hydrogen) atoms. The van der Waals surface area contributed by atoms with Gasteiger partial charge in [0.05, 0.1) is 16.4 Å². The monoisotopic (exact) mass is 415 g/mol. The first-order chi connectivity index (χ1) is 12.4. The topological polar surface area (TPSA) is 59.0 Å². The average molecular weight is 416 g/mol. The van der Waals surface area contributed by atoms with Gasteiger partial charge in [-0.05, 0) is 73.3 Å². The highest BCUT2D eigenvalue weighted by Crippen LogP contribution is 2.59. The Balaban J connectivity index is 2.01. The molecule has 0 spiro atoms. The van der Waals surface area contributed by atoms with Crippen LogP contribution in [-0.4, -0.2) is 33.5 Å². The number of anilines is 2. The van der Waals surface area contributed by atoms with Crippen LogP contribution in [0.3, 0.4) is 0 Å². The molecule has 0 unspecified atom stereocenters. The molecule has 0 fully saturated rings. The van der Waals surface area contributed by atoms with Crippen molar-refractivity contribution in [3.05, 3.63) is 58.1 Å². The molecule has 1 heterocycles. The molecule has 8 heteroatoms. The number of para-hydroxylation sites is 1.